The van der Waals surface area contributed by atoms with Crippen molar-refractivity contribution < 1.29 is 5.11 Å². The van der Waals surface area contributed by atoms with E-state index in [0.29, 0.717) is 0 Å². The van der Waals surface area contributed by atoms with Gasteiger partial charge in [0.05, 0.1) is 6.61 Å². The lowest BCUT2D eigenvalue weighted by Gasteiger charge is -2.07. The zero-order valence-electron chi connectivity index (χ0n) is 11.1. The summed E-state index contributed by atoms with van der Waals surface area (Å²) in [6.45, 7) is 3.41. The molecule has 2 nitrogen and oxygen atoms in total. The van der Waals surface area contributed by atoms with E-state index >= 15 is 0 Å². The smallest absolute Gasteiger partial charge is 0.0682 e. The summed E-state index contributed by atoms with van der Waals surface area (Å²) >= 11 is 0. The number of aliphatic hydroxyl groups is 1. The van der Waals surface area contributed by atoms with Crippen LogP contribution < -0.4 is 0 Å². The van der Waals surface area contributed by atoms with Crippen LogP contribution in [0.2, 0.25) is 0 Å². The molecular weight excluding hydrogens is 222 g/mol. The van der Waals surface area contributed by atoms with Crippen LogP contribution in [-0.4, -0.2) is 9.67 Å². The van der Waals surface area contributed by atoms with Crippen LogP contribution in [0.1, 0.15) is 43.0 Å². The van der Waals surface area contributed by atoms with Crippen molar-refractivity contribution >= 4 is 10.9 Å². The third-order valence-corrected chi connectivity index (χ3v) is 4.19. The summed E-state index contributed by atoms with van der Waals surface area (Å²) in [5.74, 6) is 0. The highest BCUT2D eigenvalue weighted by Gasteiger charge is 2.18. The summed E-state index contributed by atoms with van der Waals surface area (Å²) in [6.07, 6.45) is 6.38. The summed E-state index contributed by atoms with van der Waals surface area (Å²) in [7, 11) is 0. The molecule has 0 atom stereocenters. The van der Waals surface area contributed by atoms with E-state index in [1.54, 1.807) is 11.3 Å². The lowest BCUT2D eigenvalue weighted by molar-refractivity contribution is 0.282. The molecule has 0 saturated heterocycles. The molecule has 3 rings (SSSR count). The van der Waals surface area contributed by atoms with Gasteiger partial charge in [0.15, 0.2) is 0 Å². The van der Waals surface area contributed by atoms with E-state index in [9.17, 15) is 5.11 Å². The summed E-state index contributed by atoms with van der Waals surface area (Å²) in [4.78, 5) is 0. The van der Waals surface area contributed by atoms with Crippen molar-refractivity contribution in [2.75, 3.05) is 0 Å². The number of hydrogen-bond donors (Lipinski definition) is 1. The number of rotatable bonds is 2. The van der Waals surface area contributed by atoms with E-state index in [4.69, 9.17) is 0 Å². The zero-order chi connectivity index (χ0) is 12.5. The number of fused-ring (bicyclic) bond motifs is 3. The van der Waals surface area contributed by atoms with Crippen molar-refractivity contribution in [3.63, 3.8) is 0 Å². The Labute approximate surface area is 108 Å². The second-order valence-electron chi connectivity index (χ2n) is 5.24. The number of aliphatic hydroxyl groups excluding tert-OH is 1. The monoisotopic (exact) mass is 243 g/mol. The first-order chi connectivity index (χ1) is 8.85. The molecule has 2 heteroatoms. The minimum absolute atomic E-state index is 0.141. The molecule has 0 saturated carbocycles. The number of aryl methyl sites for hydroxylation is 2. The standard InChI is InChI=1S/C16H21NO/c1-2-17-15-7-5-3-4-6-13(15)14-10-12(11-18)8-9-16(14)17/h8-10,18H,2-7,11H2,1H3. The molecule has 1 heterocycles. The van der Waals surface area contributed by atoms with Gasteiger partial charge in [0.1, 0.15) is 0 Å². The van der Waals surface area contributed by atoms with E-state index in [2.05, 4.69) is 23.6 Å². The third-order valence-electron chi connectivity index (χ3n) is 4.19. The Bertz CT molecular complexity index is 568. The highest BCUT2D eigenvalue weighted by molar-refractivity contribution is 5.86. The SMILES string of the molecule is CCn1c2c(c3cc(CO)ccc31)CCCCC2. The van der Waals surface area contributed by atoms with Gasteiger partial charge in [0.2, 0.25) is 0 Å². The first-order valence-corrected chi connectivity index (χ1v) is 7.09. The predicted octanol–water partition coefficient (Wildman–Crippen LogP) is 3.42. The number of aromatic nitrogens is 1. The number of benzene rings is 1. The van der Waals surface area contributed by atoms with Crippen molar-refractivity contribution in [2.45, 2.75) is 52.2 Å². The Morgan fingerprint density at radius 1 is 1.17 bits per heavy atom. The van der Waals surface area contributed by atoms with Gasteiger partial charge in [0.25, 0.3) is 0 Å². The Balaban J connectivity index is 2.27. The third kappa shape index (κ3) is 1.76. The summed E-state index contributed by atoms with van der Waals surface area (Å²) in [5, 5.41) is 10.7. The topological polar surface area (TPSA) is 25.2 Å². The molecule has 0 amide bonds. The summed E-state index contributed by atoms with van der Waals surface area (Å²) in [5.41, 5.74) is 5.46. The summed E-state index contributed by atoms with van der Waals surface area (Å²) < 4.78 is 2.47. The van der Waals surface area contributed by atoms with Crippen LogP contribution in [0.25, 0.3) is 10.9 Å². The lowest BCUT2D eigenvalue weighted by Crippen LogP contribution is -2.01. The largest absolute Gasteiger partial charge is 0.392 e. The number of hydrogen-bond acceptors (Lipinski definition) is 1. The van der Waals surface area contributed by atoms with E-state index in [1.165, 1.54) is 43.0 Å². The van der Waals surface area contributed by atoms with Gasteiger partial charge in [-0.2, -0.15) is 0 Å². The molecule has 1 aromatic carbocycles. The normalized spacial score (nSPS) is 15.7. The van der Waals surface area contributed by atoms with Gasteiger partial charge < -0.3 is 9.67 Å². The van der Waals surface area contributed by atoms with Crippen molar-refractivity contribution in [2.24, 2.45) is 0 Å². The van der Waals surface area contributed by atoms with Gasteiger partial charge in [-0.1, -0.05) is 12.5 Å². The van der Waals surface area contributed by atoms with Crippen molar-refractivity contribution in [3.8, 4) is 0 Å². The fourth-order valence-corrected chi connectivity index (χ4v) is 3.32. The van der Waals surface area contributed by atoms with Gasteiger partial charge in [-0.15, -0.1) is 0 Å². The van der Waals surface area contributed by atoms with Crippen LogP contribution in [0.5, 0.6) is 0 Å². The molecule has 1 aromatic heterocycles. The molecule has 0 radical (unpaired) electrons. The molecule has 2 aromatic rings. The van der Waals surface area contributed by atoms with Crippen LogP contribution in [-0.2, 0) is 26.0 Å². The average molecular weight is 243 g/mol. The van der Waals surface area contributed by atoms with Crippen LogP contribution in [0.15, 0.2) is 18.2 Å². The van der Waals surface area contributed by atoms with Gasteiger partial charge in [-0.3, -0.25) is 0 Å². The summed E-state index contributed by atoms with van der Waals surface area (Å²) in [6, 6.07) is 6.42. The molecule has 1 aliphatic rings. The van der Waals surface area contributed by atoms with E-state index < -0.39 is 0 Å². The maximum atomic E-state index is 9.31. The second-order valence-corrected chi connectivity index (χ2v) is 5.24. The fourth-order valence-electron chi connectivity index (χ4n) is 3.32. The second kappa shape index (κ2) is 4.77. The molecule has 0 aliphatic heterocycles. The first kappa shape index (κ1) is 11.8. The number of nitrogens with zero attached hydrogens (tertiary/aromatic N) is 1. The highest BCUT2D eigenvalue weighted by Crippen LogP contribution is 2.32. The molecule has 0 bridgehead atoms. The van der Waals surface area contributed by atoms with Crippen LogP contribution in [0.4, 0.5) is 0 Å². The maximum Gasteiger partial charge on any atom is 0.0682 e. The van der Waals surface area contributed by atoms with Crippen molar-refractivity contribution in [3.05, 3.63) is 35.0 Å². The minimum atomic E-state index is 0.141. The Morgan fingerprint density at radius 3 is 2.78 bits per heavy atom. The predicted molar refractivity (Wildman–Crippen MR) is 74.8 cm³/mol. The van der Waals surface area contributed by atoms with E-state index in [-0.39, 0.29) is 6.61 Å². The van der Waals surface area contributed by atoms with Crippen molar-refractivity contribution in [1.82, 2.24) is 4.57 Å². The molecule has 0 spiro atoms. The van der Waals surface area contributed by atoms with Gasteiger partial charge >= 0.3 is 0 Å². The quantitative estimate of drug-likeness (QED) is 0.803. The van der Waals surface area contributed by atoms with E-state index in [1.807, 2.05) is 6.07 Å². The van der Waals surface area contributed by atoms with E-state index in [0.717, 1.165) is 12.1 Å². The Hall–Kier alpha value is -1.28. The lowest BCUT2D eigenvalue weighted by atomic mass is 10.0. The Morgan fingerprint density at radius 2 is 2.00 bits per heavy atom. The van der Waals surface area contributed by atoms with Crippen molar-refractivity contribution in [1.29, 1.82) is 0 Å². The maximum absolute atomic E-state index is 9.31. The highest BCUT2D eigenvalue weighted by atomic mass is 16.3. The zero-order valence-corrected chi connectivity index (χ0v) is 11.1. The molecule has 1 aliphatic carbocycles. The molecule has 1 N–H and O–H groups in total. The first-order valence-electron chi connectivity index (χ1n) is 7.09. The molecule has 18 heavy (non-hydrogen) atoms. The molecule has 0 fully saturated rings. The van der Waals surface area contributed by atoms with Crippen LogP contribution in [0.3, 0.4) is 0 Å². The van der Waals surface area contributed by atoms with Gasteiger partial charge in [0, 0.05) is 23.1 Å². The molecular formula is C16H21NO. The van der Waals surface area contributed by atoms with Crippen LogP contribution >= 0.6 is 0 Å². The average Bonchev–Trinajstić information content (AvgIpc) is 2.56. The minimum Gasteiger partial charge on any atom is -0.392 e. The van der Waals surface area contributed by atoms with Gasteiger partial charge in [-0.05, 0) is 55.9 Å². The van der Waals surface area contributed by atoms with Gasteiger partial charge in [-0.25, -0.2) is 0 Å². The Kier molecular flexibility index (Phi) is 3.13. The van der Waals surface area contributed by atoms with Crippen LogP contribution in [0, 0.1) is 0 Å². The molecule has 96 valence electrons. The fraction of sp³-hybridized carbons (Fsp3) is 0.500. The molecule has 0 unspecified atom stereocenters.